The number of H-pyrrole nitrogens is 1. The van der Waals surface area contributed by atoms with Gasteiger partial charge in [0.05, 0.1) is 6.33 Å². The summed E-state index contributed by atoms with van der Waals surface area (Å²) in [5.74, 6) is 1.11. The first-order chi connectivity index (χ1) is 7.65. The lowest BCUT2D eigenvalue weighted by Crippen LogP contribution is -2.40. The Hall–Kier alpha value is -1.07. The molecule has 0 amide bonds. The van der Waals surface area contributed by atoms with E-state index < -0.39 is 0 Å². The third kappa shape index (κ3) is 2.05. The van der Waals surface area contributed by atoms with E-state index >= 15 is 0 Å². The van der Waals surface area contributed by atoms with E-state index in [0.29, 0.717) is 18.3 Å². The molecule has 1 aromatic rings. The van der Waals surface area contributed by atoms with E-state index in [1.54, 1.807) is 0 Å². The van der Waals surface area contributed by atoms with Gasteiger partial charge >= 0.3 is 0 Å². The average molecular weight is 243 g/mol. The van der Waals surface area contributed by atoms with Crippen LogP contribution in [0.5, 0.6) is 0 Å². The maximum atomic E-state index is 11.4. The van der Waals surface area contributed by atoms with Gasteiger partial charge in [-0.05, 0) is 18.8 Å². The van der Waals surface area contributed by atoms with Crippen LogP contribution in [-0.4, -0.2) is 29.6 Å². The van der Waals surface area contributed by atoms with Gasteiger partial charge in [-0.2, -0.15) is 0 Å². The summed E-state index contributed by atoms with van der Waals surface area (Å²) in [6.45, 7) is 0.548. The number of halogens is 1. The number of nitrogens with zero attached hydrogens (tertiary/aromatic N) is 2. The van der Waals surface area contributed by atoms with Crippen LogP contribution in [0, 0.1) is 5.92 Å². The van der Waals surface area contributed by atoms with Crippen molar-refractivity contribution in [1.82, 2.24) is 9.97 Å². The zero-order valence-electron chi connectivity index (χ0n) is 9.11. The number of aromatic amines is 1. The van der Waals surface area contributed by atoms with Gasteiger partial charge in [0, 0.05) is 19.6 Å². The Bertz CT molecular complexity index is 429. The van der Waals surface area contributed by atoms with Crippen LogP contribution in [0.3, 0.4) is 0 Å². The minimum Gasteiger partial charge on any atom is -0.354 e. The van der Waals surface area contributed by atoms with E-state index in [2.05, 4.69) is 9.97 Å². The number of aromatic nitrogens is 2. The van der Waals surface area contributed by atoms with Crippen LogP contribution in [0.2, 0.25) is 5.02 Å². The van der Waals surface area contributed by atoms with Crippen LogP contribution >= 0.6 is 11.6 Å². The largest absolute Gasteiger partial charge is 0.354 e. The van der Waals surface area contributed by atoms with E-state index in [9.17, 15) is 4.79 Å². The van der Waals surface area contributed by atoms with Crippen molar-refractivity contribution >= 4 is 17.4 Å². The maximum absolute atomic E-state index is 11.4. The molecule has 2 rings (SSSR count). The molecule has 6 heteroatoms. The summed E-state index contributed by atoms with van der Waals surface area (Å²) in [6.07, 6.45) is 3.74. The van der Waals surface area contributed by atoms with Crippen LogP contribution in [0.15, 0.2) is 11.1 Å². The Kier molecular flexibility index (Phi) is 3.16. The third-order valence-electron chi connectivity index (χ3n) is 3.02. The molecule has 1 heterocycles. The van der Waals surface area contributed by atoms with Gasteiger partial charge < -0.3 is 15.6 Å². The number of nitrogens with two attached hydrogens (primary N) is 1. The minimum atomic E-state index is -0.315. The van der Waals surface area contributed by atoms with E-state index in [0.717, 1.165) is 0 Å². The second-order valence-corrected chi connectivity index (χ2v) is 4.50. The highest BCUT2D eigenvalue weighted by Gasteiger charge is 2.34. The summed E-state index contributed by atoms with van der Waals surface area (Å²) in [5, 5.41) is 0.129. The average Bonchev–Trinajstić information content (AvgIpc) is 3.07. The van der Waals surface area contributed by atoms with Crippen molar-refractivity contribution in [3.05, 3.63) is 21.7 Å². The number of hydrogen-bond donors (Lipinski definition) is 2. The molecule has 1 atom stereocenters. The van der Waals surface area contributed by atoms with Crippen molar-refractivity contribution in [3.8, 4) is 0 Å². The molecule has 3 N–H and O–H groups in total. The summed E-state index contributed by atoms with van der Waals surface area (Å²) in [7, 11) is 1.88. The Balaban J connectivity index is 2.28. The molecule has 1 aliphatic rings. The molecule has 88 valence electrons. The molecule has 0 saturated heterocycles. The van der Waals surface area contributed by atoms with Gasteiger partial charge in [-0.25, -0.2) is 4.98 Å². The van der Waals surface area contributed by atoms with Gasteiger partial charge in [0.15, 0.2) is 5.82 Å². The van der Waals surface area contributed by atoms with E-state index in [1.807, 2.05) is 11.9 Å². The van der Waals surface area contributed by atoms with Crippen molar-refractivity contribution in [2.45, 2.75) is 18.9 Å². The fourth-order valence-electron chi connectivity index (χ4n) is 1.92. The van der Waals surface area contributed by atoms with Crippen molar-refractivity contribution in [2.24, 2.45) is 11.7 Å². The summed E-state index contributed by atoms with van der Waals surface area (Å²) < 4.78 is 0. The van der Waals surface area contributed by atoms with Gasteiger partial charge in [0.2, 0.25) is 0 Å². The summed E-state index contributed by atoms with van der Waals surface area (Å²) in [4.78, 5) is 19.8. The Morgan fingerprint density at radius 3 is 3.00 bits per heavy atom. The summed E-state index contributed by atoms with van der Waals surface area (Å²) in [5.41, 5.74) is 5.43. The molecule has 16 heavy (non-hydrogen) atoms. The van der Waals surface area contributed by atoms with Crippen LogP contribution in [0.1, 0.15) is 12.8 Å². The van der Waals surface area contributed by atoms with Gasteiger partial charge in [-0.3, -0.25) is 4.79 Å². The molecule has 1 aromatic heterocycles. The molecular weight excluding hydrogens is 228 g/mol. The molecule has 0 bridgehead atoms. The lowest BCUT2D eigenvalue weighted by molar-refractivity contribution is 0.565. The molecule has 1 saturated carbocycles. The number of likely N-dealkylation sites (N-methyl/N-ethyl adjacent to an activating group) is 1. The lowest BCUT2D eigenvalue weighted by atomic mass is 10.1. The fourth-order valence-corrected chi connectivity index (χ4v) is 2.16. The van der Waals surface area contributed by atoms with Crippen LogP contribution in [0.25, 0.3) is 0 Å². The number of nitrogens with one attached hydrogen (secondary N) is 1. The molecule has 0 aliphatic heterocycles. The number of rotatable bonds is 4. The molecule has 1 aliphatic carbocycles. The first-order valence-electron chi connectivity index (χ1n) is 5.31. The predicted molar refractivity (Wildman–Crippen MR) is 63.8 cm³/mol. The minimum absolute atomic E-state index is 0.129. The highest BCUT2D eigenvalue weighted by Crippen LogP contribution is 2.36. The Morgan fingerprint density at radius 1 is 1.75 bits per heavy atom. The predicted octanol–water partition coefficient (Wildman–Crippen LogP) is 0.597. The first-order valence-corrected chi connectivity index (χ1v) is 5.69. The molecule has 0 radical (unpaired) electrons. The Morgan fingerprint density at radius 2 is 2.44 bits per heavy atom. The Labute approximate surface area is 98.6 Å². The molecule has 0 spiro atoms. The number of hydrogen-bond acceptors (Lipinski definition) is 4. The van der Waals surface area contributed by atoms with Gasteiger partial charge in [-0.1, -0.05) is 11.6 Å². The SMILES string of the molecule is CN(c1nc[nH]c(=O)c1Cl)C(CN)C1CC1. The number of anilines is 1. The van der Waals surface area contributed by atoms with Crippen molar-refractivity contribution in [1.29, 1.82) is 0 Å². The zero-order valence-corrected chi connectivity index (χ0v) is 9.87. The van der Waals surface area contributed by atoms with Gasteiger partial charge in [0.1, 0.15) is 5.02 Å². The molecule has 1 fully saturated rings. The smallest absolute Gasteiger partial charge is 0.271 e. The quantitative estimate of drug-likeness (QED) is 0.811. The van der Waals surface area contributed by atoms with Crippen LogP contribution < -0.4 is 16.2 Å². The lowest BCUT2D eigenvalue weighted by Gasteiger charge is -2.28. The topological polar surface area (TPSA) is 75.0 Å². The standard InChI is InChI=1S/C10H15ClN4O/c1-15(7(4-12)6-2-3-6)9-8(11)10(16)14-5-13-9/h5-7H,2-4,12H2,1H3,(H,13,14,16). The first kappa shape index (κ1) is 11.4. The van der Waals surface area contributed by atoms with Crippen molar-refractivity contribution in [3.63, 3.8) is 0 Å². The maximum Gasteiger partial charge on any atom is 0.271 e. The van der Waals surface area contributed by atoms with Crippen LogP contribution in [0.4, 0.5) is 5.82 Å². The fraction of sp³-hybridized carbons (Fsp3) is 0.600. The van der Waals surface area contributed by atoms with E-state index in [4.69, 9.17) is 17.3 Å². The monoisotopic (exact) mass is 242 g/mol. The second kappa shape index (κ2) is 4.43. The summed E-state index contributed by atoms with van der Waals surface area (Å²) >= 11 is 5.93. The highest BCUT2D eigenvalue weighted by molar-refractivity contribution is 6.32. The third-order valence-corrected chi connectivity index (χ3v) is 3.36. The molecule has 0 aromatic carbocycles. The molecular formula is C10H15ClN4O. The van der Waals surface area contributed by atoms with Gasteiger partial charge in [-0.15, -0.1) is 0 Å². The molecule has 1 unspecified atom stereocenters. The second-order valence-electron chi connectivity index (χ2n) is 4.12. The summed E-state index contributed by atoms with van der Waals surface area (Å²) in [6, 6.07) is 0.215. The molecule has 5 nitrogen and oxygen atoms in total. The zero-order chi connectivity index (χ0) is 11.7. The van der Waals surface area contributed by atoms with E-state index in [-0.39, 0.29) is 16.6 Å². The van der Waals surface area contributed by atoms with E-state index in [1.165, 1.54) is 19.2 Å². The van der Waals surface area contributed by atoms with Crippen molar-refractivity contribution < 1.29 is 0 Å². The normalized spacial score (nSPS) is 17.2. The van der Waals surface area contributed by atoms with Crippen molar-refractivity contribution in [2.75, 3.05) is 18.5 Å². The van der Waals surface area contributed by atoms with Crippen LogP contribution in [-0.2, 0) is 0 Å². The highest BCUT2D eigenvalue weighted by atomic mass is 35.5. The van der Waals surface area contributed by atoms with Gasteiger partial charge in [0.25, 0.3) is 5.56 Å².